The Morgan fingerprint density at radius 3 is 2.31 bits per heavy atom. The number of amides is 1. The van der Waals surface area contributed by atoms with Crippen LogP contribution in [0.5, 0.6) is 5.75 Å². The molecule has 2 aromatic carbocycles. The highest BCUT2D eigenvalue weighted by Crippen LogP contribution is 2.31. The van der Waals surface area contributed by atoms with Crippen molar-refractivity contribution < 1.29 is 41.0 Å². The van der Waals surface area contributed by atoms with Crippen molar-refractivity contribution in [2.75, 3.05) is 13.2 Å². The summed E-state index contributed by atoms with van der Waals surface area (Å²) in [6, 6.07) is 6.71. The lowest BCUT2D eigenvalue weighted by Crippen LogP contribution is -2.47. The van der Waals surface area contributed by atoms with E-state index in [0.29, 0.717) is 12.0 Å². The van der Waals surface area contributed by atoms with E-state index in [1.807, 2.05) is 0 Å². The molecular weight excluding hydrogens is 548 g/mol. The molecule has 0 unspecified atom stereocenters. The van der Waals surface area contributed by atoms with Crippen molar-refractivity contribution in [1.82, 2.24) is 9.62 Å². The quantitative estimate of drug-likeness (QED) is 0.463. The smallest absolute Gasteiger partial charge is 0.422 e. The Labute approximate surface area is 215 Å². The molecule has 2 aromatic rings. The van der Waals surface area contributed by atoms with Crippen LogP contribution >= 0.6 is 23.2 Å². The zero-order valence-corrected chi connectivity index (χ0v) is 20.8. The average Bonchev–Trinajstić information content (AvgIpc) is 3.27. The molecule has 2 atom stereocenters. The molecule has 0 bridgehead atoms. The minimum Gasteiger partial charge on any atom is -0.484 e. The third kappa shape index (κ3) is 7.25. The maximum absolute atomic E-state index is 13.2. The Morgan fingerprint density at radius 2 is 1.75 bits per heavy atom. The zero-order chi connectivity index (χ0) is 26.7. The maximum Gasteiger partial charge on any atom is 0.422 e. The summed E-state index contributed by atoms with van der Waals surface area (Å²) in [5, 5.41) is 12.1. The lowest BCUT2D eigenvalue weighted by Gasteiger charge is -2.26. The largest absolute Gasteiger partial charge is 0.484 e. The van der Waals surface area contributed by atoms with Crippen LogP contribution in [0.3, 0.4) is 0 Å². The molecule has 196 valence electrons. The first-order chi connectivity index (χ1) is 16.8. The summed E-state index contributed by atoms with van der Waals surface area (Å²) in [6.45, 7) is -1.44. The lowest BCUT2D eigenvalue weighted by molar-refractivity contribution is -0.153. The van der Waals surface area contributed by atoms with Crippen molar-refractivity contribution in [2.45, 2.75) is 42.4 Å². The normalized spacial score (nSPS) is 17.5. The standard InChI is InChI=1S/C22H21Cl2F3N2O6S/c23-14-8-15(24)10-17(9-14)36(33,34)29-7-1-2-19(29)21(32)28-18(11-20(30)31)13-3-5-16(6-4-13)35-12-22(25,26)27/h3-6,8-10,18-19H,1-2,7,11-12H2,(H,28,32)(H,30,31)/t18-,19+/m1/s1. The van der Waals surface area contributed by atoms with Gasteiger partial charge in [0.2, 0.25) is 15.9 Å². The summed E-state index contributed by atoms with van der Waals surface area (Å²) >= 11 is 11.9. The first-order valence-corrected chi connectivity index (χ1v) is 12.8. The van der Waals surface area contributed by atoms with Crippen LogP contribution in [-0.4, -0.2) is 55.1 Å². The van der Waals surface area contributed by atoms with Crippen molar-refractivity contribution in [2.24, 2.45) is 0 Å². The van der Waals surface area contributed by atoms with Crippen LogP contribution in [0.15, 0.2) is 47.4 Å². The molecule has 0 aliphatic carbocycles. The summed E-state index contributed by atoms with van der Waals surface area (Å²) in [4.78, 5) is 24.3. The number of sulfonamides is 1. The number of halogens is 5. The molecule has 1 amide bonds. The van der Waals surface area contributed by atoms with E-state index < -0.39 is 53.2 Å². The van der Waals surface area contributed by atoms with Gasteiger partial charge < -0.3 is 15.2 Å². The number of hydrogen-bond donors (Lipinski definition) is 2. The topological polar surface area (TPSA) is 113 Å². The number of nitrogens with one attached hydrogen (secondary N) is 1. The Balaban J connectivity index is 1.79. The molecule has 0 aromatic heterocycles. The fraction of sp³-hybridized carbons (Fsp3) is 0.364. The highest BCUT2D eigenvalue weighted by atomic mass is 35.5. The second-order valence-electron chi connectivity index (χ2n) is 8.01. The van der Waals surface area contributed by atoms with Gasteiger partial charge in [0.25, 0.3) is 0 Å². The summed E-state index contributed by atoms with van der Waals surface area (Å²) in [5.74, 6) is -2.06. The van der Waals surface area contributed by atoms with Crippen LogP contribution in [0.25, 0.3) is 0 Å². The molecule has 2 N–H and O–H groups in total. The zero-order valence-electron chi connectivity index (χ0n) is 18.5. The van der Waals surface area contributed by atoms with Crippen LogP contribution in [0.2, 0.25) is 10.0 Å². The van der Waals surface area contributed by atoms with Gasteiger partial charge in [0.1, 0.15) is 11.8 Å². The highest BCUT2D eigenvalue weighted by molar-refractivity contribution is 7.89. The number of aliphatic carboxylic acids is 1. The molecule has 0 spiro atoms. The van der Waals surface area contributed by atoms with Crippen molar-refractivity contribution in [3.05, 3.63) is 58.1 Å². The highest BCUT2D eigenvalue weighted by Gasteiger charge is 2.40. The molecular formula is C22H21Cl2F3N2O6S. The molecule has 1 heterocycles. The molecule has 1 saturated heterocycles. The minimum atomic E-state index is -4.53. The molecule has 8 nitrogen and oxygen atoms in total. The predicted octanol–water partition coefficient (Wildman–Crippen LogP) is 4.42. The molecule has 0 saturated carbocycles. The van der Waals surface area contributed by atoms with Crippen LogP contribution in [0.4, 0.5) is 13.2 Å². The number of carbonyl (C=O) groups is 2. The van der Waals surface area contributed by atoms with E-state index in [0.717, 1.165) is 4.31 Å². The summed E-state index contributed by atoms with van der Waals surface area (Å²) in [6.07, 6.45) is -4.48. The van der Waals surface area contributed by atoms with Crippen molar-refractivity contribution >= 4 is 45.1 Å². The number of carboxylic acid groups (broad SMARTS) is 1. The second kappa shape index (κ2) is 11.2. The van der Waals surface area contributed by atoms with Crippen LogP contribution in [0, 0.1) is 0 Å². The average molecular weight is 569 g/mol. The van der Waals surface area contributed by atoms with Gasteiger partial charge in [-0.15, -0.1) is 0 Å². The van der Waals surface area contributed by atoms with Crippen LogP contribution < -0.4 is 10.1 Å². The number of nitrogens with zero attached hydrogens (tertiary/aromatic N) is 1. The fourth-order valence-corrected chi connectivity index (χ4v) is 6.14. The number of benzene rings is 2. The Morgan fingerprint density at radius 1 is 1.14 bits per heavy atom. The molecule has 14 heteroatoms. The number of alkyl halides is 3. The van der Waals surface area contributed by atoms with Crippen LogP contribution in [0.1, 0.15) is 30.9 Å². The minimum absolute atomic E-state index is 0.0550. The first-order valence-electron chi connectivity index (χ1n) is 10.6. The molecule has 36 heavy (non-hydrogen) atoms. The first kappa shape index (κ1) is 28.0. The van der Waals surface area contributed by atoms with Gasteiger partial charge in [0, 0.05) is 16.6 Å². The maximum atomic E-state index is 13.2. The van der Waals surface area contributed by atoms with Gasteiger partial charge in [-0.3, -0.25) is 9.59 Å². The van der Waals surface area contributed by atoms with E-state index in [9.17, 15) is 36.3 Å². The van der Waals surface area contributed by atoms with Gasteiger partial charge in [-0.2, -0.15) is 17.5 Å². The van der Waals surface area contributed by atoms with Crippen molar-refractivity contribution in [3.8, 4) is 5.75 Å². The van der Waals surface area contributed by atoms with E-state index in [2.05, 4.69) is 10.1 Å². The lowest BCUT2D eigenvalue weighted by atomic mass is 10.0. The number of carboxylic acids is 1. The predicted molar refractivity (Wildman–Crippen MR) is 125 cm³/mol. The number of hydrogen-bond acceptors (Lipinski definition) is 5. The van der Waals surface area contributed by atoms with Gasteiger partial charge in [-0.1, -0.05) is 35.3 Å². The van der Waals surface area contributed by atoms with Crippen molar-refractivity contribution in [1.29, 1.82) is 0 Å². The van der Waals surface area contributed by atoms with E-state index in [1.54, 1.807) is 0 Å². The second-order valence-corrected chi connectivity index (χ2v) is 10.8. The van der Waals surface area contributed by atoms with Crippen LogP contribution in [-0.2, 0) is 19.6 Å². The van der Waals surface area contributed by atoms with Gasteiger partial charge in [-0.25, -0.2) is 8.42 Å². The van der Waals surface area contributed by atoms with Gasteiger partial charge in [0.15, 0.2) is 6.61 Å². The fourth-order valence-electron chi connectivity index (χ4n) is 3.76. The Bertz CT molecular complexity index is 1210. The van der Waals surface area contributed by atoms with Gasteiger partial charge >= 0.3 is 12.1 Å². The monoisotopic (exact) mass is 568 g/mol. The molecule has 0 radical (unpaired) electrons. The number of ether oxygens (including phenoxy) is 1. The molecule has 3 rings (SSSR count). The van der Waals surface area contributed by atoms with Crippen molar-refractivity contribution in [3.63, 3.8) is 0 Å². The van der Waals surface area contributed by atoms with E-state index in [-0.39, 0.29) is 33.7 Å². The van der Waals surface area contributed by atoms with E-state index in [4.69, 9.17) is 23.2 Å². The number of carbonyl (C=O) groups excluding carboxylic acids is 1. The molecule has 1 aliphatic rings. The third-order valence-corrected chi connectivity index (χ3v) is 7.65. The SMILES string of the molecule is O=C(O)C[C@@H](NC(=O)[C@@H]1CCCN1S(=O)(=O)c1cc(Cl)cc(Cl)c1)c1ccc(OCC(F)(F)F)cc1. The molecule has 1 aliphatic heterocycles. The third-order valence-electron chi connectivity index (χ3n) is 5.33. The Hall–Kier alpha value is -2.54. The van der Waals surface area contributed by atoms with E-state index in [1.165, 1.54) is 42.5 Å². The summed E-state index contributed by atoms with van der Waals surface area (Å²) in [7, 11) is -4.15. The van der Waals surface area contributed by atoms with Gasteiger partial charge in [-0.05, 0) is 48.7 Å². The summed E-state index contributed by atoms with van der Waals surface area (Å²) < 4.78 is 69.1. The van der Waals surface area contributed by atoms with E-state index >= 15 is 0 Å². The molecule has 1 fully saturated rings. The number of rotatable bonds is 9. The summed E-state index contributed by atoms with van der Waals surface area (Å²) in [5.41, 5.74) is 0.291. The van der Waals surface area contributed by atoms with Gasteiger partial charge in [0.05, 0.1) is 17.4 Å². The Kier molecular flexibility index (Phi) is 8.75.